The zero-order chi connectivity index (χ0) is 15.8. The van der Waals surface area contributed by atoms with Gasteiger partial charge >= 0.3 is 0 Å². The Morgan fingerprint density at radius 2 is 2.13 bits per heavy atom. The fourth-order valence-electron chi connectivity index (χ4n) is 3.42. The van der Waals surface area contributed by atoms with E-state index in [1.165, 1.54) is 5.69 Å². The molecule has 1 N–H and O–H groups in total. The average molecular weight is 309 g/mol. The molecular formula is C18H19N3O2. The lowest BCUT2D eigenvalue weighted by atomic mass is 9.93. The monoisotopic (exact) mass is 309 g/mol. The topological polar surface area (TPSA) is 62.1 Å². The smallest absolute Gasteiger partial charge is 0.257 e. The number of H-pyrrole nitrogens is 1. The second-order valence-corrected chi connectivity index (χ2v) is 6.16. The quantitative estimate of drug-likeness (QED) is 0.788. The highest BCUT2D eigenvalue weighted by atomic mass is 16.3. The molecule has 3 heterocycles. The summed E-state index contributed by atoms with van der Waals surface area (Å²) in [5, 5.41) is 8.05. The molecule has 1 fully saturated rings. The molecule has 1 saturated heterocycles. The maximum absolute atomic E-state index is 12.9. The van der Waals surface area contributed by atoms with E-state index in [0.29, 0.717) is 17.1 Å². The number of hydrogen-bond donors (Lipinski definition) is 1. The van der Waals surface area contributed by atoms with Gasteiger partial charge in [-0.15, -0.1) is 0 Å². The van der Waals surface area contributed by atoms with Crippen molar-refractivity contribution in [2.45, 2.75) is 25.7 Å². The van der Waals surface area contributed by atoms with Crippen molar-refractivity contribution in [1.82, 2.24) is 15.1 Å². The van der Waals surface area contributed by atoms with E-state index in [0.717, 1.165) is 37.1 Å². The molecule has 5 heteroatoms. The third-order valence-corrected chi connectivity index (χ3v) is 4.64. The molecule has 1 amide bonds. The number of likely N-dealkylation sites (tertiary alicyclic amines) is 1. The van der Waals surface area contributed by atoms with E-state index in [-0.39, 0.29) is 5.91 Å². The molecule has 3 aromatic rings. The van der Waals surface area contributed by atoms with E-state index in [2.05, 4.69) is 10.2 Å². The van der Waals surface area contributed by atoms with Crippen molar-refractivity contribution >= 4 is 16.9 Å². The van der Waals surface area contributed by atoms with Gasteiger partial charge in [-0.25, -0.2) is 0 Å². The lowest BCUT2D eigenvalue weighted by molar-refractivity contribution is 0.0713. The summed E-state index contributed by atoms with van der Waals surface area (Å²) >= 11 is 0. The van der Waals surface area contributed by atoms with Gasteiger partial charge in [-0.1, -0.05) is 12.1 Å². The van der Waals surface area contributed by atoms with Crippen molar-refractivity contribution in [3.05, 3.63) is 53.5 Å². The summed E-state index contributed by atoms with van der Waals surface area (Å²) in [4.78, 5) is 14.8. The van der Waals surface area contributed by atoms with Gasteiger partial charge in [-0.3, -0.25) is 9.89 Å². The molecule has 0 aliphatic carbocycles. The highest BCUT2D eigenvalue weighted by Gasteiger charge is 2.26. The Morgan fingerprint density at radius 3 is 2.87 bits per heavy atom. The van der Waals surface area contributed by atoms with E-state index < -0.39 is 0 Å². The number of carbonyl (C=O) groups is 1. The first-order valence-electron chi connectivity index (χ1n) is 8.00. The number of fused-ring (bicyclic) bond motifs is 1. The van der Waals surface area contributed by atoms with Crippen molar-refractivity contribution in [3.63, 3.8) is 0 Å². The van der Waals surface area contributed by atoms with Gasteiger partial charge in [0.15, 0.2) is 0 Å². The molecule has 0 spiro atoms. The molecule has 0 bridgehead atoms. The van der Waals surface area contributed by atoms with E-state index in [1.54, 1.807) is 6.20 Å². The summed E-state index contributed by atoms with van der Waals surface area (Å²) in [6, 6.07) is 9.74. The number of carbonyl (C=O) groups excluding carboxylic acids is 1. The van der Waals surface area contributed by atoms with E-state index >= 15 is 0 Å². The van der Waals surface area contributed by atoms with Crippen LogP contribution in [0.15, 0.2) is 40.9 Å². The number of furan rings is 1. The van der Waals surface area contributed by atoms with Gasteiger partial charge in [-0.05, 0) is 38.0 Å². The summed E-state index contributed by atoms with van der Waals surface area (Å²) < 4.78 is 5.73. The number of aromatic amines is 1. The Labute approximate surface area is 134 Å². The summed E-state index contributed by atoms with van der Waals surface area (Å²) in [6.07, 6.45) is 3.70. The molecule has 0 radical (unpaired) electrons. The number of benzene rings is 1. The van der Waals surface area contributed by atoms with Crippen LogP contribution in [0.1, 0.15) is 40.6 Å². The van der Waals surface area contributed by atoms with Gasteiger partial charge in [0.05, 0.1) is 5.56 Å². The van der Waals surface area contributed by atoms with Gasteiger partial charge in [0.2, 0.25) is 0 Å². The Morgan fingerprint density at radius 1 is 1.30 bits per heavy atom. The molecular weight excluding hydrogens is 290 g/mol. The Balaban J connectivity index is 1.53. The van der Waals surface area contributed by atoms with Crippen LogP contribution < -0.4 is 0 Å². The predicted molar refractivity (Wildman–Crippen MR) is 87.4 cm³/mol. The fraction of sp³-hybridized carbons (Fsp3) is 0.333. The van der Waals surface area contributed by atoms with Crippen LogP contribution in [-0.4, -0.2) is 34.1 Å². The minimum Gasteiger partial charge on any atom is -0.461 e. The number of para-hydroxylation sites is 1. The number of rotatable bonds is 2. The first-order chi connectivity index (χ1) is 11.2. The lowest BCUT2D eigenvalue weighted by Crippen LogP contribution is -2.38. The summed E-state index contributed by atoms with van der Waals surface area (Å²) in [6.45, 7) is 3.43. The molecule has 0 unspecified atom stereocenters. The maximum atomic E-state index is 12.9. The zero-order valence-corrected chi connectivity index (χ0v) is 13.1. The lowest BCUT2D eigenvalue weighted by Gasteiger charge is -2.31. The third kappa shape index (κ3) is 2.52. The molecule has 23 heavy (non-hydrogen) atoms. The van der Waals surface area contributed by atoms with Crippen molar-refractivity contribution in [3.8, 4) is 0 Å². The molecule has 1 aromatic carbocycles. The SMILES string of the molecule is Cc1cc2cccc(C(=O)N3CCC(c4ccn[nH]4)CC3)c2o1. The molecule has 1 aliphatic heterocycles. The predicted octanol–water partition coefficient (Wildman–Crippen LogP) is 3.48. The van der Waals surface area contributed by atoms with Crippen LogP contribution in [0.3, 0.4) is 0 Å². The maximum Gasteiger partial charge on any atom is 0.257 e. The fourth-order valence-corrected chi connectivity index (χ4v) is 3.42. The van der Waals surface area contributed by atoms with Crippen molar-refractivity contribution in [2.75, 3.05) is 13.1 Å². The standard InChI is InChI=1S/C18H19N3O2/c1-12-11-14-3-2-4-15(17(14)23-12)18(22)21-9-6-13(7-10-21)16-5-8-19-20-16/h2-5,8,11,13H,6-7,9-10H2,1H3,(H,19,20). The van der Waals surface area contributed by atoms with Gasteiger partial charge < -0.3 is 9.32 Å². The number of aryl methyl sites for hydroxylation is 1. The molecule has 4 rings (SSSR count). The molecule has 1 aliphatic rings. The molecule has 5 nitrogen and oxygen atoms in total. The number of nitrogens with zero attached hydrogens (tertiary/aromatic N) is 2. The van der Waals surface area contributed by atoms with E-state index in [9.17, 15) is 4.79 Å². The minimum atomic E-state index is 0.0630. The number of nitrogens with one attached hydrogen (secondary N) is 1. The largest absolute Gasteiger partial charge is 0.461 e. The molecule has 0 atom stereocenters. The summed E-state index contributed by atoms with van der Waals surface area (Å²) in [5.41, 5.74) is 2.53. The van der Waals surface area contributed by atoms with Crippen LogP contribution in [0.2, 0.25) is 0 Å². The van der Waals surface area contributed by atoms with Crippen LogP contribution in [0.4, 0.5) is 0 Å². The highest BCUT2D eigenvalue weighted by molar-refractivity contribution is 6.05. The van der Waals surface area contributed by atoms with E-state index in [1.807, 2.05) is 42.2 Å². The van der Waals surface area contributed by atoms with E-state index in [4.69, 9.17) is 4.42 Å². The highest BCUT2D eigenvalue weighted by Crippen LogP contribution is 2.29. The Bertz CT molecular complexity index is 827. The van der Waals surface area contributed by atoms with Gasteiger partial charge in [0.1, 0.15) is 11.3 Å². The van der Waals surface area contributed by atoms with Crippen LogP contribution in [0.5, 0.6) is 0 Å². The number of hydrogen-bond acceptors (Lipinski definition) is 3. The summed E-state index contributed by atoms with van der Waals surface area (Å²) in [5.74, 6) is 1.36. The van der Waals surface area contributed by atoms with Gasteiger partial charge in [-0.2, -0.15) is 5.10 Å². The molecule has 2 aromatic heterocycles. The van der Waals surface area contributed by atoms with Crippen LogP contribution in [0.25, 0.3) is 11.0 Å². The van der Waals surface area contributed by atoms with Crippen LogP contribution in [-0.2, 0) is 0 Å². The Kier molecular flexibility index (Phi) is 3.41. The third-order valence-electron chi connectivity index (χ3n) is 4.64. The number of piperidine rings is 1. The van der Waals surface area contributed by atoms with Gasteiger partial charge in [0.25, 0.3) is 5.91 Å². The van der Waals surface area contributed by atoms with Crippen molar-refractivity contribution in [1.29, 1.82) is 0 Å². The molecule has 118 valence electrons. The molecule has 0 saturated carbocycles. The number of aromatic nitrogens is 2. The van der Waals surface area contributed by atoms with Crippen LogP contribution in [0, 0.1) is 6.92 Å². The average Bonchev–Trinajstić information content (AvgIpc) is 3.22. The first-order valence-corrected chi connectivity index (χ1v) is 8.00. The first kappa shape index (κ1) is 14.1. The van der Waals surface area contributed by atoms with Gasteiger partial charge in [0, 0.05) is 36.3 Å². The van der Waals surface area contributed by atoms with Crippen molar-refractivity contribution in [2.24, 2.45) is 0 Å². The Hall–Kier alpha value is -2.56. The second-order valence-electron chi connectivity index (χ2n) is 6.16. The zero-order valence-electron chi connectivity index (χ0n) is 13.1. The number of amides is 1. The summed E-state index contributed by atoms with van der Waals surface area (Å²) in [7, 11) is 0. The normalized spacial score (nSPS) is 16.1. The van der Waals surface area contributed by atoms with Crippen LogP contribution >= 0.6 is 0 Å². The second kappa shape index (κ2) is 5.57. The van der Waals surface area contributed by atoms with Crippen molar-refractivity contribution < 1.29 is 9.21 Å². The minimum absolute atomic E-state index is 0.0630.